The molecule has 0 aromatic carbocycles. The molecule has 4 heteroatoms. The minimum atomic E-state index is -0.405. The first-order valence-electron chi connectivity index (χ1n) is 3.12. The summed E-state index contributed by atoms with van der Waals surface area (Å²) in [6, 6.07) is 1.51. The molecule has 0 aliphatic carbocycles. The highest BCUT2D eigenvalue weighted by molar-refractivity contribution is 5.79. The van der Waals surface area contributed by atoms with E-state index in [0.29, 0.717) is 6.42 Å². The molecule has 0 heterocycles. The normalized spacial score (nSPS) is 12.0. The predicted molar refractivity (Wildman–Crippen MR) is 36.9 cm³/mol. The maximum atomic E-state index is 10.5. The van der Waals surface area contributed by atoms with Crippen LogP contribution in [0.15, 0.2) is 0 Å². The Morgan fingerprint density at radius 3 is 2.80 bits per heavy atom. The zero-order valence-corrected chi connectivity index (χ0v) is 5.92. The minimum Gasteiger partial charge on any atom is -0.368 e. The van der Waals surface area contributed by atoms with Gasteiger partial charge in [-0.05, 0) is 6.42 Å². The van der Waals surface area contributed by atoms with Crippen LogP contribution in [0.5, 0.6) is 0 Å². The zero-order chi connectivity index (χ0) is 7.98. The van der Waals surface area contributed by atoms with E-state index in [4.69, 9.17) is 11.0 Å². The van der Waals surface area contributed by atoms with Gasteiger partial charge in [0.1, 0.15) is 0 Å². The number of rotatable bonds is 4. The molecule has 3 N–H and O–H groups in total. The number of nitriles is 1. The number of hydrogen-bond acceptors (Lipinski definition) is 3. The van der Waals surface area contributed by atoms with Gasteiger partial charge in [-0.15, -0.1) is 0 Å². The molecule has 1 amide bonds. The summed E-state index contributed by atoms with van der Waals surface area (Å²) in [6.45, 7) is 2.00. The van der Waals surface area contributed by atoms with Gasteiger partial charge in [-0.25, -0.2) is 0 Å². The largest absolute Gasteiger partial charge is 0.368 e. The van der Waals surface area contributed by atoms with Gasteiger partial charge in [-0.3, -0.25) is 10.1 Å². The van der Waals surface area contributed by atoms with Crippen LogP contribution in [0.25, 0.3) is 0 Å². The van der Waals surface area contributed by atoms with Crippen molar-refractivity contribution < 1.29 is 4.79 Å². The van der Waals surface area contributed by atoms with E-state index in [1.54, 1.807) is 0 Å². The summed E-state index contributed by atoms with van der Waals surface area (Å²) in [4.78, 5) is 10.5. The lowest BCUT2D eigenvalue weighted by atomic mass is 10.2. The van der Waals surface area contributed by atoms with E-state index in [1.807, 2.05) is 13.0 Å². The topological polar surface area (TPSA) is 78.9 Å². The molecule has 1 unspecified atom stereocenters. The van der Waals surface area contributed by atoms with Crippen LogP contribution >= 0.6 is 0 Å². The Morgan fingerprint density at radius 1 is 1.90 bits per heavy atom. The van der Waals surface area contributed by atoms with Crippen LogP contribution in [-0.4, -0.2) is 18.5 Å². The number of amides is 1. The molecule has 10 heavy (non-hydrogen) atoms. The lowest BCUT2D eigenvalue weighted by Gasteiger charge is -2.08. The smallest absolute Gasteiger partial charge is 0.234 e. The van der Waals surface area contributed by atoms with Gasteiger partial charge in [-0.1, -0.05) is 6.92 Å². The van der Waals surface area contributed by atoms with Gasteiger partial charge in [0.15, 0.2) is 0 Å². The van der Waals surface area contributed by atoms with Crippen LogP contribution < -0.4 is 11.1 Å². The molecule has 0 fully saturated rings. The highest BCUT2D eigenvalue weighted by atomic mass is 16.1. The van der Waals surface area contributed by atoms with Gasteiger partial charge in [0.25, 0.3) is 0 Å². The molecule has 0 saturated carbocycles. The first-order valence-corrected chi connectivity index (χ1v) is 3.12. The fourth-order valence-corrected chi connectivity index (χ4v) is 0.615. The maximum Gasteiger partial charge on any atom is 0.234 e. The van der Waals surface area contributed by atoms with E-state index in [9.17, 15) is 4.79 Å². The number of nitrogens with one attached hydrogen (secondary N) is 1. The molecule has 0 aromatic heterocycles. The van der Waals surface area contributed by atoms with Gasteiger partial charge >= 0.3 is 0 Å². The second-order valence-corrected chi connectivity index (χ2v) is 1.90. The van der Waals surface area contributed by atoms with Crippen molar-refractivity contribution in [1.29, 1.82) is 5.26 Å². The SMILES string of the molecule is CCC(NCC#N)C(N)=O. The third-order valence-electron chi connectivity index (χ3n) is 1.18. The number of primary amides is 1. The Labute approximate surface area is 60.0 Å². The van der Waals surface area contributed by atoms with Gasteiger partial charge in [0, 0.05) is 0 Å². The van der Waals surface area contributed by atoms with Crippen LogP contribution in [0, 0.1) is 11.3 Å². The van der Waals surface area contributed by atoms with E-state index in [2.05, 4.69) is 5.32 Å². The standard InChI is InChI=1S/C6H11N3O/c1-2-5(6(8)10)9-4-3-7/h5,9H,2,4H2,1H3,(H2,8,10). The molecule has 0 aliphatic heterocycles. The Balaban J connectivity index is 3.63. The third kappa shape index (κ3) is 3.05. The summed E-state index contributed by atoms with van der Waals surface area (Å²) < 4.78 is 0. The molecule has 0 bridgehead atoms. The number of nitrogens with zero attached hydrogens (tertiary/aromatic N) is 1. The molecular formula is C6H11N3O. The highest BCUT2D eigenvalue weighted by Crippen LogP contribution is 1.86. The van der Waals surface area contributed by atoms with Crippen molar-refractivity contribution >= 4 is 5.91 Å². The van der Waals surface area contributed by atoms with Crippen LogP contribution in [0.3, 0.4) is 0 Å². The van der Waals surface area contributed by atoms with Gasteiger partial charge < -0.3 is 5.73 Å². The summed E-state index contributed by atoms with van der Waals surface area (Å²) in [7, 11) is 0. The van der Waals surface area contributed by atoms with E-state index < -0.39 is 5.91 Å². The average molecular weight is 141 g/mol. The molecule has 0 aromatic rings. The molecule has 0 rings (SSSR count). The Kier molecular flexibility index (Phi) is 4.25. The van der Waals surface area contributed by atoms with E-state index in [1.165, 1.54) is 0 Å². The van der Waals surface area contributed by atoms with Crippen molar-refractivity contribution in [1.82, 2.24) is 5.32 Å². The summed E-state index contributed by atoms with van der Waals surface area (Å²) in [5.41, 5.74) is 4.98. The summed E-state index contributed by atoms with van der Waals surface area (Å²) in [5, 5.41) is 10.8. The number of carbonyl (C=O) groups excluding carboxylic acids is 1. The second kappa shape index (κ2) is 4.77. The van der Waals surface area contributed by atoms with Gasteiger partial charge in [0.05, 0.1) is 18.7 Å². The lowest BCUT2D eigenvalue weighted by molar-refractivity contribution is -0.120. The molecule has 0 saturated heterocycles. The molecule has 56 valence electrons. The average Bonchev–Trinajstić information content (AvgIpc) is 1.89. The molecule has 4 nitrogen and oxygen atoms in total. The van der Waals surface area contributed by atoms with Crippen molar-refractivity contribution in [3.8, 4) is 6.07 Å². The minimum absolute atomic E-state index is 0.168. The summed E-state index contributed by atoms with van der Waals surface area (Å²) in [6.07, 6.45) is 0.622. The predicted octanol–water partition coefficient (Wildman–Crippen LogP) is -0.637. The molecule has 0 radical (unpaired) electrons. The number of carbonyl (C=O) groups is 1. The lowest BCUT2D eigenvalue weighted by Crippen LogP contribution is -2.40. The first-order chi connectivity index (χ1) is 4.72. The number of nitrogens with two attached hydrogens (primary N) is 1. The van der Waals surface area contributed by atoms with Crippen molar-refractivity contribution in [2.75, 3.05) is 6.54 Å². The fourth-order valence-electron chi connectivity index (χ4n) is 0.615. The fraction of sp³-hybridized carbons (Fsp3) is 0.667. The van der Waals surface area contributed by atoms with Crippen molar-refractivity contribution in [3.05, 3.63) is 0 Å². The third-order valence-corrected chi connectivity index (χ3v) is 1.18. The van der Waals surface area contributed by atoms with Crippen LogP contribution in [0.4, 0.5) is 0 Å². The summed E-state index contributed by atoms with van der Waals surface area (Å²) >= 11 is 0. The van der Waals surface area contributed by atoms with Crippen molar-refractivity contribution in [3.63, 3.8) is 0 Å². The van der Waals surface area contributed by atoms with Crippen LogP contribution in [-0.2, 0) is 4.79 Å². The molecule has 1 atom stereocenters. The van der Waals surface area contributed by atoms with Crippen LogP contribution in [0.1, 0.15) is 13.3 Å². The monoisotopic (exact) mass is 141 g/mol. The molecule has 0 aliphatic rings. The van der Waals surface area contributed by atoms with Crippen molar-refractivity contribution in [2.24, 2.45) is 5.73 Å². The van der Waals surface area contributed by atoms with E-state index in [0.717, 1.165) is 0 Å². The van der Waals surface area contributed by atoms with Gasteiger partial charge in [0.2, 0.25) is 5.91 Å². The highest BCUT2D eigenvalue weighted by Gasteiger charge is 2.09. The number of hydrogen-bond donors (Lipinski definition) is 2. The second-order valence-electron chi connectivity index (χ2n) is 1.90. The van der Waals surface area contributed by atoms with Crippen molar-refractivity contribution in [2.45, 2.75) is 19.4 Å². The molecule has 0 spiro atoms. The van der Waals surface area contributed by atoms with E-state index in [-0.39, 0.29) is 12.6 Å². The van der Waals surface area contributed by atoms with E-state index >= 15 is 0 Å². The zero-order valence-electron chi connectivity index (χ0n) is 5.92. The Bertz CT molecular complexity index is 150. The Hall–Kier alpha value is -1.08. The quantitative estimate of drug-likeness (QED) is 0.511. The van der Waals surface area contributed by atoms with Gasteiger partial charge in [-0.2, -0.15) is 5.26 Å². The maximum absolute atomic E-state index is 10.5. The summed E-state index contributed by atoms with van der Waals surface area (Å²) in [5.74, 6) is -0.405. The molecular weight excluding hydrogens is 130 g/mol. The Morgan fingerprint density at radius 2 is 2.50 bits per heavy atom. The van der Waals surface area contributed by atoms with Crippen LogP contribution in [0.2, 0.25) is 0 Å². The first kappa shape index (κ1) is 8.92.